The number of hydrogen-bond donors (Lipinski definition) is 1. The molecule has 1 aromatic carbocycles. The Morgan fingerprint density at radius 1 is 1.33 bits per heavy atom. The van der Waals surface area contributed by atoms with Gasteiger partial charge in [-0.05, 0) is 51.1 Å². The van der Waals surface area contributed by atoms with Crippen LogP contribution in [0.4, 0.5) is 5.69 Å². The number of thiophene rings is 1. The predicted octanol–water partition coefficient (Wildman–Crippen LogP) is 4.57. The molecule has 0 aliphatic heterocycles. The van der Waals surface area contributed by atoms with Gasteiger partial charge in [-0.25, -0.2) is 0 Å². The summed E-state index contributed by atoms with van der Waals surface area (Å²) >= 11 is 7.77. The standard InChI is InChI=1S/C18H23ClN2O2S/c1-12(2)21(10-15-7-5-13(3)24-15)11-18(22)20-16-9-14(19)6-8-17(16)23-4/h5-9,12H,10-11H2,1-4H3,(H,20,22). The van der Waals surface area contributed by atoms with Crippen LogP contribution in [0.25, 0.3) is 0 Å². The summed E-state index contributed by atoms with van der Waals surface area (Å²) in [7, 11) is 1.57. The molecule has 0 saturated heterocycles. The fraction of sp³-hybridized carbons (Fsp3) is 0.389. The number of aryl methyl sites for hydroxylation is 1. The summed E-state index contributed by atoms with van der Waals surface area (Å²) in [6, 6.07) is 9.66. The minimum atomic E-state index is -0.0856. The Hall–Kier alpha value is -1.56. The molecular weight excluding hydrogens is 344 g/mol. The average molecular weight is 367 g/mol. The number of halogens is 1. The highest BCUT2D eigenvalue weighted by atomic mass is 35.5. The van der Waals surface area contributed by atoms with Gasteiger partial charge in [0.25, 0.3) is 0 Å². The first kappa shape index (κ1) is 18.8. The summed E-state index contributed by atoms with van der Waals surface area (Å²) in [5.41, 5.74) is 0.589. The molecule has 0 bridgehead atoms. The van der Waals surface area contributed by atoms with Crippen LogP contribution in [0.2, 0.25) is 5.02 Å². The zero-order valence-electron chi connectivity index (χ0n) is 14.4. The number of nitrogens with zero attached hydrogens (tertiary/aromatic N) is 1. The Kier molecular flexibility index (Phi) is 6.66. The maximum Gasteiger partial charge on any atom is 0.238 e. The lowest BCUT2D eigenvalue weighted by Crippen LogP contribution is -2.37. The molecule has 24 heavy (non-hydrogen) atoms. The van der Waals surface area contributed by atoms with Gasteiger partial charge in [-0.2, -0.15) is 0 Å². The van der Waals surface area contributed by atoms with Crippen LogP contribution in [-0.2, 0) is 11.3 Å². The van der Waals surface area contributed by atoms with Gasteiger partial charge < -0.3 is 10.1 Å². The van der Waals surface area contributed by atoms with Crippen LogP contribution in [0.1, 0.15) is 23.6 Å². The molecule has 1 N–H and O–H groups in total. The van der Waals surface area contributed by atoms with E-state index in [1.54, 1.807) is 36.6 Å². The van der Waals surface area contributed by atoms with Gasteiger partial charge >= 0.3 is 0 Å². The topological polar surface area (TPSA) is 41.6 Å². The number of hydrogen-bond acceptors (Lipinski definition) is 4. The molecule has 2 rings (SSSR count). The molecule has 0 aliphatic rings. The lowest BCUT2D eigenvalue weighted by molar-refractivity contribution is -0.117. The Bertz CT molecular complexity index is 700. The number of methoxy groups -OCH3 is 1. The van der Waals surface area contributed by atoms with E-state index in [0.717, 1.165) is 6.54 Å². The minimum Gasteiger partial charge on any atom is -0.495 e. The second kappa shape index (κ2) is 8.51. The fourth-order valence-corrected chi connectivity index (χ4v) is 3.43. The van der Waals surface area contributed by atoms with E-state index in [2.05, 4.69) is 43.1 Å². The Labute approximate surface area is 152 Å². The van der Waals surface area contributed by atoms with Crippen molar-refractivity contribution < 1.29 is 9.53 Å². The van der Waals surface area contributed by atoms with Crippen molar-refractivity contribution in [2.24, 2.45) is 0 Å². The molecule has 0 radical (unpaired) electrons. The number of amides is 1. The molecule has 0 aliphatic carbocycles. The SMILES string of the molecule is COc1ccc(Cl)cc1NC(=O)CN(Cc1ccc(C)s1)C(C)C. The first-order chi connectivity index (χ1) is 11.4. The molecule has 4 nitrogen and oxygen atoms in total. The third kappa shape index (κ3) is 5.23. The predicted molar refractivity (Wildman–Crippen MR) is 101 cm³/mol. The van der Waals surface area contributed by atoms with Crippen molar-refractivity contribution in [2.75, 3.05) is 19.0 Å². The molecular formula is C18H23ClN2O2S. The van der Waals surface area contributed by atoms with Gasteiger partial charge in [-0.3, -0.25) is 9.69 Å². The summed E-state index contributed by atoms with van der Waals surface area (Å²) in [6.07, 6.45) is 0. The van der Waals surface area contributed by atoms with Gasteiger partial charge in [-0.1, -0.05) is 11.6 Å². The molecule has 1 heterocycles. The largest absolute Gasteiger partial charge is 0.495 e. The number of nitrogens with one attached hydrogen (secondary N) is 1. The quantitative estimate of drug-likeness (QED) is 0.780. The van der Waals surface area contributed by atoms with Crippen molar-refractivity contribution in [1.82, 2.24) is 4.90 Å². The second-order valence-electron chi connectivity index (χ2n) is 5.90. The van der Waals surface area contributed by atoms with E-state index in [0.29, 0.717) is 23.0 Å². The van der Waals surface area contributed by atoms with Crippen molar-refractivity contribution in [2.45, 2.75) is 33.4 Å². The lowest BCUT2D eigenvalue weighted by Gasteiger charge is -2.25. The van der Waals surface area contributed by atoms with Crippen LogP contribution in [0.15, 0.2) is 30.3 Å². The first-order valence-corrected chi connectivity index (χ1v) is 9.01. The number of ether oxygens (including phenoxy) is 1. The van der Waals surface area contributed by atoms with E-state index >= 15 is 0 Å². The number of benzene rings is 1. The van der Waals surface area contributed by atoms with Gasteiger partial charge in [-0.15, -0.1) is 11.3 Å². The summed E-state index contributed by atoms with van der Waals surface area (Å²) in [4.78, 5) is 17.1. The van der Waals surface area contributed by atoms with Crippen molar-refractivity contribution in [3.8, 4) is 5.75 Å². The second-order valence-corrected chi connectivity index (χ2v) is 7.71. The number of rotatable bonds is 7. The summed E-state index contributed by atoms with van der Waals surface area (Å²) in [6.45, 7) is 7.34. The maximum absolute atomic E-state index is 12.5. The Balaban J connectivity index is 2.04. The smallest absolute Gasteiger partial charge is 0.238 e. The van der Waals surface area contributed by atoms with E-state index in [1.165, 1.54) is 9.75 Å². The maximum atomic E-state index is 12.5. The van der Waals surface area contributed by atoms with Crippen LogP contribution < -0.4 is 10.1 Å². The monoisotopic (exact) mass is 366 g/mol. The molecule has 2 aromatic rings. The molecule has 1 aromatic heterocycles. The van der Waals surface area contributed by atoms with Crippen LogP contribution in [0.3, 0.4) is 0 Å². The Morgan fingerprint density at radius 3 is 2.67 bits per heavy atom. The van der Waals surface area contributed by atoms with Crippen molar-refractivity contribution in [3.63, 3.8) is 0 Å². The third-order valence-corrected chi connectivity index (χ3v) is 4.89. The fourth-order valence-electron chi connectivity index (χ4n) is 2.34. The van der Waals surface area contributed by atoms with E-state index < -0.39 is 0 Å². The molecule has 0 atom stereocenters. The van der Waals surface area contributed by atoms with Crippen molar-refractivity contribution in [3.05, 3.63) is 45.1 Å². The van der Waals surface area contributed by atoms with Crippen LogP contribution in [0.5, 0.6) is 5.75 Å². The molecule has 1 amide bonds. The third-order valence-electron chi connectivity index (χ3n) is 3.67. The van der Waals surface area contributed by atoms with Gasteiger partial charge in [0.15, 0.2) is 0 Å². The van der Waals surface area contributed by atoms with Crippen LogP contribution in [0, 0.1) is 6.92 Å². The van der Waals surface area contributed by atoms with Crippen molar-refractivity contribution >= 4 is 34.5 Å². The molecule has 6 heteroatoms. The van der Waals surface area contributed by atoms with Gasteiger partial charge in [0, 0.05) is 27.4 Å². The normalized spacial score (nSPS) is 11.1. The molecule has 0 spiro atoms. The number of carbonyl (C=O) groups is 1. The van der Waals surface area contributed by atoms with E-state index in [4.69, 9.17) is 16.3 Å². The zero-order chi connectivity index (χ0) is 17.7. The number of carbonyl (C=O) groups excluding carboxylic acids is 1. The minimum absolute atomic E-state index is 0.0856. The van der Waals surface area contributed by atoms with Gasteiger partial charge in [0.1, 0.15) is 5.75 Å². The molecule has 0 fully saturated rings. The van der Waals surface area contributed by atoms with E-state index in [-0.39, 0.29) is 11.9 Å². The summed E-state index contributed by atoms with van der Waals surface area (Å²) in [5.74, 6) is 0.510. The highest BCUT2D eigenvalue weighted by Gasteiger charge is 2.17. The highest BCUT2D eigenvalue weighted by molar-refractivity contribution is 7.11. The molecule has 0 saturated carbocycles. The molecule has 130 valence electrons. The lowest BCUT2D eigenvalue weighted by atomic mass is 10.2. The summed E-state index contributed by atoms with van der Waals surface area (Å²) < 4.78 is 5.27. The van der Waals surface area contributed by atoms with Crippen LogP contribution in [-0.4, -0.2) is 30.5 Å². The zero-order valence-corrected chi connectivity index (χ0v) is 16.0. The average Bonchev–Trinajstić information content (AvgIpc) is 2.92. The highest BCUT2D eigenvalue weighted by Crippen LogP contribution is 2.27. The van der Waals surface area contributed by atoms with E-state index in [1.807, 2.05) is 0 Å². The molecule has 0 unspecified atom stereocenters. The van der Waals surface area contributed by atoms with E-state index in [9.17, 15) is 4.79 Å². The van der Waals surface area contributed by atoms with Crippen LogP contribution >= 0.6 is 22.9 Å². The summed E-state index contributed by atoms with van der Waals surface area (Å²) in [5, 5.41) is 3.45. The van der Waals surface area contributed by atoms with Gasteiger partial charge in [0.2, 0.25) is 5.91 Å². The number of anilines is 1. The first-order valence-electron chi connectivity index (χ1n) is 7.81. The van der Waals surface area contributed by atoms with Crippen molar-refractivity contribution in [1.29, 1.82) is 0 Å². The van der Waals surface area contributed by atoms with Gasteiger partial charge in [0.05, 0.1) is 19.3 Å². The Morgan fingerprint density at radius 2 is 2.08 bits per heavy atom.